The summed E-state index contributed by atoms with van der Waals surface area (Å²) >= 11 is 1.34. The Balaban J connectivity index is 1.62. The Bertz CT molecular complexity index is 1190. The van der Waals surface area contributed by atoms with E-state index in [4.69, 9.17) is 4.52 Å². The van der Waals surface area contributed by atoms with Gasteiger partial charge >= 0.3 is 0 Å². The third-order valence-electron chi connectivity index (χ3n) is 4.18. The third-order valence-corrected chi connectivity index (χ3v) is 5.14. The van der Waals surface area contributed by atoms with Gasteiger partial charge in [-0.05, 0) is 30.7 Å². The molecule has 0 bridgehead atoms. The van der Waals surface area contributed by atoms with Crippen molar-refractivity contribution < 1.29 is 8.91 Å². The van der Waals surface area contributed by atoms with Crippen LogP contribution in [-0.4, -0.2) is 19.7 Å². The molecule has 4 aromatic rings. The van der Waals surface area contributed by atoms with Crippen LogP contribution < -0.4 is 5.56 Å². The Morgan fingerprint density at radius 3 is 2.71 bits per heavy atom. The highest BCUT2D eigenvalue weighted by molar-refractivity contribution is 7.98. The first kappa shape index (κ1) is 18.4. The van der Waals surface area contributed by atoms with Gasteiger partial charge in [0.1, 0.15) is 5.82 Å². The standard InChI is InChI=1S/C20H17FN4O2S/c1-2-11-25-19(26)14-8-4-6-10-16(14)22-20(25)28-12-17-23-18(24-27-17)13-7-3-5-9-15(13)21/h3-10H,2,11-12H2,1H3. The van der Waals surface area contributed by atoms with E-state index < -0.39 is 5.82 Å². The van der Waals surface area contributed by atoms with Crippen molar-refractivity contribution in [3.8, 4) is 11.4 Å². The number of fused-ring (bicyclic) bond motifs is 1. The molecule has 142 valence electrons. The topological polar surface area (TPSA) is 73.8 Å². The van der Waals surface area contributed by atoms with Gasteiger partial charge in [-0.25, -0.2) is 9.37 Å². The molecule has 28 heavy (non-hydrogen) atoms. The van der Waals surface area contributed by atoms with Gasteiger partial charge in [-0.3, -0.25) is 9.36 Å². The fourth-order valence-corrected chi connectivity index (χ4v) is 3.73. The van der Waals surface area contributed by atoms with Crippen LogP contribution in [-0.2, 0) is 12.3 Å². The zero-order valence-corrected chi connectivity index (χ0v) is 15.9. The molecule has 0 aliphatic heterocycles. The molecular weight excluding hydrogens is 379 g/mol. The van der Waals surface area contributed by atoms with E-state index in [0.29, 0.717) is 34.2 Å². The highest BCUT2D eigenvalue weighted by Crippen LogP contribution is 2.24. The van der Waals surface area contributed by atoms with Gasteiger partial charge in [0.25, 0.3) is 5.56 Å². The molecule has 0 aliphatic rings. The number of rotatable bonds is 6. The number of nitrogens with zero attached hydrogens (tertiary/aromatic N) is 4. The van der Waals surface area contributed by atoms with Gasteiger partial charge in [0.2, 0.25) is 11.7 Å². The van der Waals surface area contributed by atoms with E-state index in [1.807, 2.05) is 25.1 Å². The maximum absolute atomic E-state index is 13.9. The first-order valence-electron chi connectivity index (χ1n) is 8.87. The van der Waals surface area contributed by atoms with Crippen LogP contribution >= 0.6 is 11.8 Å². The summed E-state index contributed by atoms with van der Waals surface area (Å²) in [5.74, 6) is 0.464. The van der Waals surface area contributed by atoms with Crippen LogP contribution in [0.1, 0.15) is 19.2 Å². The number of thioether (sulfide) groups is 1. The quantitative estimate of drug-likeness (QED) is 0.358. The summed E-state index contributed by atoms with van der Waals surface area (Å²) in [4.78, 5) is 21.7. The molecule has 0 saturated carbocycles. The van der Waals surface area contributed by atoms with Gasteiger partial charge in [-0.2, -0.15) is 4.98 Å². The van der Waals surface area contributed by atoms with E-state index in [9.17, 15) is 9.18 Å². The zero-order valence-electron chi connectivity index (χ0n) is 15.1. The molecule has 4 rings (SSSR count). The summed E-state index contributed by atoms with van der Waals surface area (Å²) in [6, 6.07) is 13.6. The van der Waals surface area contributed by atoms with Crippen LogP contribution in [0.15, 0.2) is 63.0 Å². The van der Waals surface area contributed by atoms with E-state index in [1.165, 1.54) is 17.8 Å². The molecule has 2 heterocycles. The average molecular weight is 396 g/mol. The largest absolute Gasteiger partial charge is 0.338 e. The number of para-hydroxylation sites is 1. The van der Waals surface area contributed by atoms with Crippen LogP contribution in [0.2, 0.25) is 0 Å². The Morgan fingerprint density at radius 1 is 1.11 bits per heavy atom. The van der Waals surface area contributed by atoms with Crippen molar-refractivity contribution in [1.29, 1.82) is 0 Å². The maximum Gasteiger partial charge on any atom is 0.262 e. The van der Waals surface area contributed by atoms with Crippen LogP contribution in [0.5, 0.6) is 0 Å². The Morgan fingerprint density at radius 2 is 1.89 bits per heavy atom. The van der Waals surface area contributed by atoms with Gasteiger partial charge in [0.05, 0.1) is 22.2 Å². The maximum atomic E-state index is 13.9. The number of aromatic nitrogens is 4. The summed E-state index contributed by atoms with van der Waals surface area (Å²) in [6.07, 6.45) is 0.811. The molecule has 8 heteroatoms. The lowest BCUT2D eigenvalue weighted by atomic mass is 10.2. The molecular formula is C20H17FN4O2S. The van der Waals surface area contributed by atoms with Crippen molar-refractivity contribution >= 4 is 22.7 Å². The molecule has 2 aromatic carbocycles. The lowest BCUT2D eigenvalue weighted by molar-refractivity contribution is 0.391. The van der Waals surface area contributed by atoms with E-state index >= 15 is 0 Å². The van der Waals surface area contributed by atoms with Gasteiger partial charge in [-0.15, -0.1) is 0 Å². The number of benzene rings is 2. The molecule has 0 N–H and O–H groups in total. The average Bonchev–Trinajstić information content (AvgIpc) is 3.18. The molecule has 0 saturated heterocycles. The second-order valence-corrected chi connectivity index (χ2v) is 7.09. The fraction of sp³-hybridized carbons (Fsp3) is 0.200. The van der Waals surface area contributed by atoms with Gasteiger partial charge < -0.3 is 4.52 Å². The summed E-state index contributed by atoms with van der Waals surface area (Å²) in [7, 11) is 0. The third kappa shape index (κ3) is 3.55. The monoisotopic (exact) mass is 396 g/mol. The molecule has 2 aromatic heterocycles. The smallest absolute Gasteiger partial charge is 0.262 e. The number of hydrogen-bond acceptors (Lipinski definition) is 6. The molecule has 0 fully saturated rings. The lowest BCUT2D eigenvalue weighted by Gasteiger charge is -2.11. The minimum Gasteiger partial charge on any atom is -0.338 e. The Hall–Kier alpha value is -3.00. The van der Waals surface area contributed by atoms with E-state index in [2.05, 4.69) is 15.1 Å². The van der Waals surface area contributed by atoms with Crippen LogP contribution in [0.3, 0.4) is 0 Å². The summed E-state index contributed by atoms with van der Waals surface area (Å²) in [5.41, 5.74) is 0.877. The minimum absolute atomic E-state index is 0.0625. The molecule has 0 unspecified atom stereocenters. The van der Waals surface area contributed by atoms with Crippen LogP contribution in [0.25, 0.3) is 22.3 Å². The zero-order chi connectivity index (χ0) is 19.5. The Labute approximate surface area is 164 Å². The summed E-state index contributed by atoms with van der Waals surface area (Å²) in [6.45, 7) is 2.58. The van der Waals surface area contributed by atoms with Gasteiger partial charge in [0.15, 0.2) is 5.16 Å². The van der Waals surface area contributed by atoms with E-state index in [-0.39, 0.29) is 16.9 Å². The molecule has 0 atom stereocenters. The van der Waals surface area contributed by atoms with Crippen molar-refractivity contribution in [3.05, 3.63) is 70.6 Å². The molecule has 0 spiro atoms. The lowest BCUT2D eigenvalue weighted by Crippen LogP contribution is -2.23. The van der Waals surface area contributed by atoms with Crippen LogP contribution in [0.4, 0.5) is 4.39 Å². The number of halogens is 1. The molecule has 6 nitrogen and oxygen atoms in total. The molecule has 0 amide bonds. The Kier molecular flexibility index (Phi) is 5.21. The highest BCUT2D eigenvalue weighted by Gasteiger charge is 2.15. The van der Waals surface area contributed by atoms with Crippen molar-refractivity contribution in [2.45, 2.75) is 30.8 Å². The number of hydrogen-bond donors (Lipinski definition) is 0. The van der Waals surface area contributed by atoms with Gasteiger partial charge in [0, 0.05) is 6.54 Å². The van der Waals surface area contributed by atoms with E-state index in [0.717, 1.165) is 6.42 Å². The summed E-state index contributed by atoms with van der Waals surface area (Å²) < 4.78 is 20.8. The predicted molar refractivity (Wildman–Crippen MR) is 106 cm³/mol. The second-order valence-electron chi connectivity index (χ2n) is 6.15. The van der Waals surface area contributed by atoms with Crippen molar-refractivity contribution in [2.75, 3.05) is 0 Å². The van der Waals surface area contributed by atoms with Crippen molar-refractivity contribution in [1.82, 2.24) is 19.7 Å². The first-order valence-corrected chi connectivity index (χ1v) is 9.86. The summed E-state index contributed by atoms with van der Waals surface area (Å²) in [5, 5.41) is 5.05. The van der Waals surface area contributed by atoms with Crippen molar-refractivity contribution in [2.24, 2.45) is 0 Å². The highest BCUT2D eigenvalue weighted by atomic mass is 32.2. The molecule has 0 radical (unpaired) electrons. The predicted octanol–water partition coefficient (Wildman–Crippen LogP) is 4.29. The fourth-order valence-electron chi connectivity index (χ4n) is 2.87. The van der Waals surface area contributed by atoms with Gasteiger partial charge in [-0.1, -0.05) is 48.1 Å². The van der Waals surface area contributed by atoms with Crippen LogP contribution in [0, 0.1) is 5.82 Å². The first-order chi connectivity index (χ1) is 13.7. The van der Waals surface area contributed by atoms with E-state index in [1.54, 1.807) is 28.8 Å². The normalized spacial score (nSPS) is 11.2. The SMILES string of the molecule is CCCn1c(SCc2nc(-c3ccccc3F)no2)nc2ccccc2c1=O. The second kappa shape index (κ2) is 7.93. The minimum atomic E-state index is -0.407. The van der Waals surface area contributed by atoms with Crippen molar-refractivity contribution in [3.63, 3.8) is 0 Å². The molecule has 0 aliphatic carbocycles.